The number of hydrogen-bond acceptors (Lipinski definition) is 5. The van der Waals surface area contributed by atoms with Crippen LogP contribution in [-0.2, 0) is 26.0 Å². The van der Waals surface area contributed by atoms with Gasteiger partial charge in [-0.15, -0.1) is 10.9 Å². The van der Waals surface area contributed by atoms with Gasteiger partial charge in [0.1, 0.15) is 6.10 Å². The van der Waals surface area contributed by atoms with Crippen LogP contribution < -0.4 is 4.74 Å². The molecule has 25 heavy (non-hydrogen) atoms. The first-order valence-corrected chi connectivity index (χ1v) is 9.38. The van der Waals surface area contributed by atoms with Crippen LogP contribution in [0.4, 0.5) is 0 Å². The summed E-state index contributed by atoms with van der Waals surface area (Å²) >= 11 is 0. The number of nitrogens with zero attached hydrogens (tertiary/aromatic N) is 2. The normalized spacial score (nSPS) is 23.3. The van der Waals surface area contributed by atoms with Crippen molar-refractivity contribution in [3.8, 4) is 5.75 Å². The van der Waals surface area contributed by atoms with E-state index in [1.54, 1.807) is 12.1 Å². The first kappa shape index (κ1) is 17.8. The fourth-order valence-corrected chi connectivity index (χ4v) is 4.13. The average molecular weight is 360 g/mol. The molecule has 2 aromatic rings. The Balaban J connectivity index is 1.75. The van der Waals surface area contributed by atoms with Gasteiger partial charge in [-0.05, 0) is 5.56 Å². The van der Waals surface area contributed by atoms with E-state index in [2.05, 4.69) is 11.6 Å². The Morgan fingerprint density at radius 2 is 2.20 bits per heavy atom. The van der Waals surface area contributed by atoms with E-state index in [9.17, 15) is 8.76 Å². The molecule has 2 heterocycles. The molecule has 1 aromatic heterocycles. The van der Waals surface area contributed by atoms with Crippen molar-refractivity contribution in [2.24, 2.45) is 0 Å². The highest BCUT2D eigenvalue weighted by Gasteiger charge is 2.39. The van der Waals surface area contributed by atoms with Crippen LogP contribution in [0, 0.1) is 0 Å². The predicted octanol–water partition coefficient (Wildman–Crippen LogP) is 2.45. The fourth-order valence-electron chi connectivity index (χ4n) is 2.63. The number of aromatic nitrogens is 1. The molecule has 0 bridgehead atoms. The number of benzene rings is 1. The molecule has 1 aliphatic rings. The smallest absolute Gasteiger partial charge is 0.235 e. The lowest BCUT2D eigenvalue weighted by molar-refractivity contribution is 0.0345. The van der Waals surface area contributed by atoms with Crippen LogP contribution in [0.1, 0.15) is 5.56 Å². The second-order valence-corrected chi connectivity index (χ2v) is 7.58. The standard InChI is InChI=1S/C18H20N2O4S/c1-2-10-20-12-16(14-23-13-15-6-4-3-5-7-15)24-17-8-9-19-11-18(17)25(20,21)22/h2-9,11,16H,1,10,12-14H2/t16-/m1/s1. The molecule has 0 saturated heterocycles. The minimum Gasteiger partial charge on any atom is -0.593 e. The van der Waals surface area contributed by atoms with Crippen molar-refractivity contribution in [2.45, 2.75) is 17.6 Å². The Bertz CT molecular complexity index is 769. The van der Waals surface area contributed by atoms with Gasteiger partial charge in [0.05, 0.1) is 32.5 Å². The average Bonchev–Trinajstić information content (AvgIpc) is 2.72. The molecule has 132 valence electrons. The minimum absolute atomic E-state index is 0.0717. The molecule has 0 fully saturated rings. The topological polar surface area (TPSA) is 74.7 Å². The maximum absolute atomic E-state index is 12.8. The molecule has 0 saturated carbocycles. The molecule has 3 rings (SSSR count). The molecular formula is C18H20N2O4S. The Labute approximate surface area is 148 Å². The Morgan fingerprint density at radius 3 is 2.96 bits per heavy atom. The lowest BCUT2D eigenvalue weighted by Gasteiger charge is -2.25. The van der Waals surface area contributed by atoms with Crippen molar-refractivity contribution in [1.82, 2.24) is 9.29 Å². The van der Waals surface area contributed by atoms with Gasteiger partial charge < -0.3 is 14.0 Å². The maximum atomic E-state index is 12.8. The van der Waals surface area contributed by atoms with Crippen molar-refractivity contribution in [1.29, 1.82) is 0 Å². The second-order valence-electron chi connectivity index (χ2n) is 5.67. The molecule has 0 amide bonds. The molecule has 6 nitrogen and oxygen atoms in total. The van der Waals surface area contributed by atoms with Gasteiger partial charge in [0, 0.05) is 12.3 Å². The van der Waals surface area contributed by atoms with Gasteiger partial charge >= 0.3 is 0 Å². The third-order valence-corrected chi connectivity index (χ3v) is 5.65. The van der Waals surface area contributed by atoms with Crippen molar-refractivity contribution in [2.75, 3.05) is 19.7 Å². The van der Waals surface area contributed by atoms with Gasteiger partial charge in [-0.3, -0.25) is 4.98 Å². The summed E-state index contributed by atoms with van der Waals surface area (Å²) in [6, 6.07) is 11.4. The van der Waals surface area contributed by atoms with Crippen molar-refractivity contribution in [3.63, 3.8) is 0 Å². The van der Waals surface area contributed by atoms with Gasteiger partial charge in [0.15, 0.2) is 16.1 Å². The number of hydrogen-bond donors (Lipinski definition) is 0. The molecule has 0 N–H and O–H groups in total. The molecular weight excluding hydrogens is 340 g/mol. The number of rotatable bonds is 6. The zero-order valence-corrected chi connectivity index (χ0v) is 14.6. The summed E-state index contributed by atoms with van der Waals surface area (Å²) in [4.78, 5) is 3.99. The van der Waals surface area contributed by atoms with E-state index >= 15 is 0 Å². The molecule has 1 unspecified atom stereocenters. The summed E-state index contributed by atoms with van der Waals surface area (Å²) in [5.74, 6) is 0.301. The Kier molecular flexibility index (Phi) is 5.60. The zero-order chi connectivity index (χ0) is 17.7. The number of pyridine rings is 1. The van der Waals surface area contributed by atoms with Crippen LogP contribution >= 0.6 is 0 Å². The van der Waals surface area contributed by atoms with Crippen LogP contribution in [0.3, 0.4) is 0 Å². The Hall–Kier alpha value is -2.06. The highest BCUT2D eigenvalue weighted by Crippen LogP contribution is 2.33. The molecule has 0 aliphatic carbocycles. The fraction of sp³-hybridized carbons (Fsp3) is 0.278. The monoisotopic (exact) mass is 360 g/mol. The largest absolute Gasteiger partial charge is 0.593 e. The van der Waals surface area contributed by atoms with E-state index in [1.807, 2.05) is 30.3 Å². The van der Waals surface area contributed by atoms with Crippen LogP contribution in [0.2, 0.25) is 0 Å². The van der Waals surface area contributed by atoms with Crippen LogP contribution in [0.15, 0.2) is 66.3 Å². The summed E-state index contributed by atoms with van der Waals surface area (Å²) in [5, 5.41) is 0. The van der Waals surface area contributed by atoms with E-state index in [1.165, 1.54) is 16.7 Å². The predicted molar refractivity (Wildman–Crippen MR) is 93.6 cm³/mol. The van der Waals surface area contributed by atoms with Crippen molar-refractivity contribution < 1.29 is 18.2 Å². The third kappa shape index (κ3) is 4.13. The highest BCUT2D eigenvalue weighted by molar-refractivity contribution is 7.95. The van der Waals surface area contributed by atoms with Crippen LogP contribution in [0.25, 0.3) is 0 Å². The first-order chi connectivity index (χ1) is 12.1. The van der Waals surface area contributed by atoms with E-state index in [0.717, 1.165) is 5.56 Å². The van der Waals surface area contributed by atoms with Gasteiger partial charge in [0.25, 0.3) is 0 Å². The third-order valence-electron chi connectivity index (χ3n) is 3.81. The highest BCUT2D eigenvalue weighted by atomic mass is 32.3. The van der Waals surface area contributed by atoms with Crippen molar-refractivity contribution >= 4 is 10.4 Å². The van der Waals surface area contributed by atoms with Crippen molar-refractivity contribution in [3.05, 3.63) is 67.0 Å². The van der Waals surface area contributed by atoms with E-state index in [-0.39, 0.29) is 24.6 Å². The summed E-state index contributed by atoms with van der Waals surface area (Å²) in [6.07, 6.45) is 3.97. The lowest BCUT2D eigenvalue weighted by Crippen LogP contribution is -2.42. The SMILES string of the molecule is C=CCN1C[C@H](COCc2ccccc2)Oc2ccncc2[S+]1(=O)[O-]. The Morgan fingerprint density at radius 1 is 1.40 bits per heavy atom. The maximum Gasteiger partial charge on any atom is 0.235 e. The van der Waals surface area contributed by atoms with E-state index < -0.39 is 16.5 Å². The summed E-state index contributed by atoms with van der Waals surface area (Å²) in [5.41, 5.74) is 1.05. The summed E-state index contributed by atoms with van der Waals surface area (Å²) in [6.45, 7) is 4.76. The summed E-state index contributed by atoms with van der Waals surface area (Å²) in [7, 11) is -3.67. The van der Waals surface area contributed by atoms with Gasteiger partial charge in [-0.2, -0.15) is 0 Å². The van der Waals surface area contributed by atoms with Gasteiger partial charge in [0.2, 0.25) is 4.90 Å². The van der Waals surface area contributed by atoms with Crippen LogP contribution in [0.5, 0.6) is 5.75 Å². The molecule has 7 heteroatoms. The molecule has 0 spiro atoms. The van der Waals surface area contributed by atoms with E-state index in [4.69, 9.17) is 9.47 Å². The lowest BCUT2D eigenvalue weighted by atomic mass is 10.2. The number of fused-ring (bicyclic) bond motifs is 1. The molecule has 1 aliphatic heterocycles. The van der Waals surface area contributed by atoms with Gasteiger partial charge in [-0.1, -0.05) is 40.6 Å². The molecule has 0 radical (unpaired) electrons. The van der Waals surface area contributed by atoms with Crippen LogP contribution in [-0.4, -0.2) is 39.6 Å². The minimum atomic E-state index is -3.67. The summed E-state index contributed by atoms with van der Waals surface area (Å²) < 4.78 is 38.5. The first-order valence-electron chi connectivity index (χ1n) is 7.94. The van der Waals surface area contributed by atoms with E-state index in [0.29, 0.717) is 12.4 Å². The second kappa shape index (κ2) is 7.88. The number of sulfonamides is 1. The number of ether oxygens (including phenoxy) is 2. The zero-order valence-electron chi connectivity index (χ0n) is 13.7. The molecule has 1 aromatic carbocycles. The quantitative estimate of drug-likeness (QED) is 0.584. The molecule has 2 atom stereocenters. The van der Waals surface area contributed by atoms with Gasteiger partial charge in [-0.25, -0.2) is 0 Å².